The highest BCUT2D eigenvalue weighted by Crippen LogP contribution is 2.21. The molecule has 3 rings (SSSR count). The van der Waals surface area contributed by atoms with E-state index in [1.54, 1.807) is 6.92 Å². The number of piperazine rings is 1. The molecule has 0 unspecified atom stereocenters. The highest BCUT2D eigenvalue weighted by Gasteiger charge is 2.29. The van der Waals surface area contributed by atoms with E-state index in [1.165, 1.54) is 11.1 Å². The van der Waals surface area contributed by atoms with Crippen molar-refractivity contribution in [2.75, 3.05) is 26.2 Å². The molecule has 2 heterocycles. The zero-order chi connectivity index (χ0) is 20.4. The number of H-pyrrole nitrogens is 1. The Morgan fingerprint density at radius 2 is 1.79 bits per heavy atom. The number of aromatic amines is 1. The molecule has 5 nitrogen and oxygen atoms in total. The second-order valence-electron chi connectivity index (χ2n) is 8.02. The Morgan fingerprint density at radius 3 is 2.36 bits per heavy atom. The van der Waals surface area contributed by atoms with Crippen molar-refractivity contribution in [3.8, 4) is 0 Å². The van der Waals surface area contributed by atoms with Crippen molar-refractivity contribution in [2.24, 2.45) is 0 Å². The van der Waals surface area contributed by atoms with E-state index in [2.05, 4.69) is 46.0 Å². The molecule has 1 aromatic carbocycles. The number of carbonyl (C=O) groups is 2. The standard InChI is InChI=1S/C23H31N3O2/c1-15-7-6-8-20(13-15)14-25-9-11-26(12-10-25)18(4)23(28)22-16(2)21(19(5)27)17(3)24-22/h6-8,13,18,24H,9-12,14H2,1-5H3/t18-/m1/s1. The highest BCUT2D eigenvalue weighted by atomic mass is 16.1. The molecular formula is C23H31N3O2. The van der Waals surface area contributed by atoms with Crippen LogP contribution in [-0.4, -0.2) is 58.6 Å². The zero-order valence-corrected chi connectivity index (χ0v) is 17.6. The average Bonchev–Trinajstić information content (AvgIpc) is 2.95. The quantitative estimate of drug-likeness (QED) is 0.778. The lowest BCUT2D eigenvalue weighted by atomic mass is 10.0. The number of rotatable bonds is 6. The van der Waals surface area contributed by atoms with Crippen molar-refractivity contribution in [1.82, 2.24) is 14.8 Å². The van der Waals surface area contributed by atoms with Gasteiger partial charge in [-0.1, -0.05) is 29.8 Å². The normalized spacial score (nSPS) is 16.9. The van der Waals surface area contributed by atoms with E-state index in [0.29, 0.717) is 11.3 Å². The number of ketones is 2. The molecule has 0 aliphatic carbocycles. The van der Waals surface area contributed by atoms with Crippen LogP contribution in [0.1, 0.15) is 57.1 Å². The third kappa shape index (κ3) is 4.26. The topological polar surface area (TPSA) is 56.4 Å². The van der Waals surface area contributed by atoms with E-state index in [-0.39, 0.29) is 17.6 Å². The molecule has 1 aromatic heterocycles. The molecule has 1 aliphatic heterocycles. The van der Waals surface area contributed by atoms with E-state index >= 15 is 0 Å². The fourth-order valence-electron chi connectivity index (χ4n) is 4.28. The Bertz CT molecular complexity index is 876. The number of hydrogen-bond acceptors (Lipinski definition) is 4. The third-order valence-electron chi connectivity index (χ3n) is 5.86. The monoisotopic (exact) mass is 381 g/mol. The predicted octanol–water partition coefficient (Wildman–Crippen LogP) is 3.53. The Balaban J connectivity index is 1.62. The maximum atomic E-state index is 13.1. The molecule has 0 spiro atoms. The molecule has 0 amide bonds. The summed E-state index contributed by atoms with van der Waals surface area (Å²) in [7, 11) is 0. The number of nitrogens with zero attached hydrogens (tertiary/aromatic N) is 2. The van der Waals surface area contributed by atoms with Crippen molar-refractivity contribution < 1.29 is 9.59 Å². The van der Waals surface area contributed by atoms with Crippen LogP contribution >= 0.6 is 0 Å². The summed E-state index contributed by atoms with van der Waals surface area (Å²) in [6, 6.07) is 8.45. The minimum Gasteiger partial charge on any atom is -0.355 e. The van der Waals surface area contributed by atoms with Gasteiger partial charge in [0.05, 0.1) is 11.7 Å². The van der Waals surface area contributed by atoms with Gasteiger partial charge in [-0.25, -0.2) is 0 Å². The number of aryl methyl sites for hydroxylation is 2. The summed E-state index contributed by atoms with van der Waals surface area (Å²) >= 11 is 0. The number of benzene rings is 1. The van der Waals surface area contributed by atoms with Gasteiger partial charge in [0.25, 0.3) is 0 Å². The van der Waals surface area contributed by atoms with Gasteiger partial charge in [-0.05, 0) is 45.7 Å². The molecule has 2 aromatic rings. The van der Waals surface area contributed by atoms with Crippen molar-refractivity contribution in [3.63, 3.8) is 0 Å². The Labute approximate surface area is 167 Å². The molecule has 1 atom stereocenters. The van der Waals surface area contributed by atoms with Gasteiger partial charge in [0, 0.05) is 44.0 Å². The summed E-state index contributed by atoms with van der Waals surface area (Å²) in [4.78, 5) is 32.8. The Hall–Kier alpha value is -2.24. The summed E-state index contributed by atoms with van der Waals surface area (Å²) in [6.07, 6.45) is 0. The van der Waals surface area contributed by atoms with E-state index in [1.807, 2.05) is 20.8 Å². The van der Waals surface area contributed by atoms with Crippen LogP contribution in [0.2, 0.25) is 0 Å². The Morgan fingerprint density at radius 1 is 1.11 bits per heavy atom. The van der Waals surface area contributed by atoms with E-state index in [9.17, 15) is 9.59 Å². The van der Waals surface area contributed by atoms with E-state index < -0.39 is 0 Å². The van der Waals surface area contributed by atoms with Gasteiger partial charge in [-0.15, -0.1) is 0 Å². The molecule has 0 radical (unpaired) electrons. The number of carbonyl (C=O) groups excluding carboxylic acids is 2. The molecule has 1 N–H and O–H groups in total. The average molecular weight is 382 g/mol. The second kappa shape index (κ2) is 8.41. The molecule has 5 heteroatoms. The first-order chi connectivity index (χ1) is 13.3. The summed E-state index contributed by atoms with van der Waals surface area (Å²) in [6.45, 7) is 14.0. The third-order valence-corrected chi connectivity index (χ3v) is 5.86. The second-order valence-corrected chi connectivity index (χ2v) is 8.02. The molecule has 1 fully saturated rings. The van der Waals surface area contributed by atoms with Crippen LogP contribution in [0.25, 0.3) is 0 Å². The molecule has 1 aliphatic rings. The molecule has 0 bridgehead atoms. The number of Topliss-reactive ketones (excluding diaryl/α,β-unsaturated/α-hetero) is 2. The molecule has 150 valence electrons. The summed E-state index contributed by atoms with van der Waals surface area (Å²) in [5.41, 5.74) is 5.42. The first-order valence-electron chi connectivity index (χ1n) is 10.0. The number of nitrogens with one attached hydrogen (secondary N) is 1. The lowest BCUT2D eigenvalue weighted by Gasteiger charge is -2.37. The highest BCUT2D eigenvalue weighted by molar-refractivity contribution is 6.05. The van der Waals surface area contributed by atoms with Crippen LogP contribution in [0, 0.1) is 20.8 Å². The van der Waals surface area contributed by atoms with Crippen molar-refractivity contribution >= 4 is 11.6 Å². The van der Waals surface area contributed by atoms with Crippen LogP contribution < -0.4 is 0 Å². The van der Waals surface area contributed by atoms with E-state index in [0.717, 1.165) is 44.0 Å². The SMILES string of the molecule is CC(=O)c1c(C)[nH]c(C(=O)[C@@H](C)N2CCN(Cc3cccc(C)c3)CC2)c1C. The summed E-state index contributed by atoms with van der Waals surface area (Å²) in [5, 5.41) is 0. The first-order valence-corrected chi connectivity index (χ1v) is 10.0. The lowest BCUT2D eigenvalue weighted by Crippen LogP contribution is -2.51. The first kappa shape index (κ1) is 20.5. The maximum absolute atomic E-state index is 13.1. The van der Waals surface area contributed by atoms with Crippen molar-refractivity contribution in [3.05, 3.63) is 57.9 Å². The predicted molar refractivity (Wildman–Crippen MR) is 112 cm³/mol. The van der Waals surface area contributed by atoms with Gasteiger partial charge in [-0.3, -0.25) is 19.4 Å². The van der Waals surface area contributed by atoms with Crippen LogP contribution in [0.4, 0.5) is 0 Å². The van der Waals surface area contributed by atoms with Gasteiger partial charge in [0.15, 0.2) is 11.6 Å². The Kier molecular flexibility index (Phi) is 6.16. The number of hydrogen-bond donors (Lipinski definition) is 1. The minimum atomic E-state index is -0.197. The summed E-state index contributed by atoms with van der Waals surface area (Å²) in [5.74, 6) is 0.0722. The van der Waals surface area contributed by atoms with Crippen molar-refractivity contribution in [1.29, 1.82) is 0 Å². The van der Waals surface area contributed by atoms with Crippen LogP contribution in [0.15, 0.2) is 24.3 Å². The lowest BCUT2D eigenvalue weighted by molar-refractivity contribution is 0.0683. The van der Waals surface area contributed by atoms with Crippen LogP contribution in [0.5, 0.6) is 0 Å². The largest absolute Gasteiger partial charge is 0.355 e. The van der Waals surface area contributed by atoms with Gasteiger partial charge in [-0.2, -0.15) is 0 Å². The van der Waals surface area contributed by atoms with Gasteiger partial charge >= 0.3 is 0 Å². The van der Waals surface area contributed by atoms with Crippen molar-refractivity contribution in [2.45, 2.75) is 47.2 Å². The van der Waals surface area contributed by atoms with Gasteiger partial charge < -0.3 is 4.98 Å². The minimum absolute atomic E-state index is 0.00251. The van der Waals surface area contributed by atoms with Gasteiger partial charge in [0.2, 0.25) is 0 Å². The van der Waals surface area contributed by atoms with Crippen LogP contribution in [0.3, 0.4) is 0 Å². The smallest absolute Gasteiger partial charge is 0.196 e. The summed E-state index contributed by atoms with van der Waals surface area (Å²) < 4.78 is 0. The molecule has 0 saturated carbocycles. The van der Waals surface area contributed by atoms with E-state index in [4.69, 9.17) is 0 Å². The molecule has 1 saturated heterocycles. The zero-order valence-electron chi connectivity index (χ0n) is 17.6. The van der Waals surface area contributed by atoms with Crippen LogP contribution in [-0.2, 0) is 6.54 Å². The fraction of sp³-hybridized carbons (Fsp3) is 0.478. The fourth-order valence-corrected chi connectivity index (χ4v) is 4.28. The molecule has 28 heavy (non-hydrogen) atoms. The molecular weight excluding hydrogens is 350 g/mol. The maximum Gasteiger partial charge on any atom is 0.196 e. The van der Waals surface area contributed by atoms with Gasteiger partial charge in [0.1, 0.15) is 0 Å². The number of aromatic nitrogens is 1.